The van der Waals surface area contributed by atoms with E-state index >= 15 is 0 Å². The van der Waals surface area contributed by atoms with Gasteiger partial charge in [-0.05, 0) is 17.4 Å². The molecule has 2 aromatic carbocycles. The first-order valence-electron chi connectivity index (χ1n) is 11.4. The number of benzene rings is 2. The first-order chi connectivity index (χ1) is 15.2. The van der Waals surface area contributed by atoms with Crippen LogP contribution >= 0.6 is 0 Å². The fourth-order valence-electron chi connectivity index (χ4n) is 2.89. The summed E-state index contributed by atoms with van der Waals surface area (Å²) in [7, 11) is 0. The van der Waals surface area contributed by atoms with Crippen molar-refractivity contribution in [2.45, 2.75) is 68.2 Å². The number of aryl methyl sites for hydroxylation is 1. The van der Waals surface area contributed by atoms with Crippen molar-refractivity contribution >= 4 is 16.7 Å². The minimum Gasteiger partial charge on any atom is -0.512 e. The van der Waals surface area contributed by atoms with E-state index < -0.39 is 5.41 Å². The molecule has 4 nitrogen and oxygen atoms in total. The second kappa shape index (κ2) is 11.9. The Morgan fingerprint density at radius 2 is 1.59 bits per heavy atom. The number of hydrogen-bond acceptors (Lipinski definition) is 4. The molecule has 0 fully saturated rings. The molecule has 3 aromatic rings. The van der Waals surface area contributed by atoms with Gasteiger partial charge in [0.15, 0.2) is 5.78 Å². The molecule has 1 radical (unpaired) electrons. The molecule has 0 aliphatic rings. The second-order valence-corrected chi connectivity index (χ2v) is 10.8. The van der Waals surface area contributed by atoms with E-state index in [4.69, 9.17) is 0 Å². The van der Waals surface area contributed by atoms with Crippen LogP contribution in [0, 0.1) is 23.8 Å². The molecule has 0 bridgehead atoms. The molecule has 0 amide bonds. The van der Waals surface area contributed by atoms with Crippen LogP contribution in [-0.4, -0.2) is 21.1 Å². The van der Waals surface area contributed by atoms with Crippen LogP contribution < -0.4 is 0 Å². The molecule has 1 aromatic heterocycles. The number of allylic oxidation sites excluding steroid dienone is 2. The van der Waals surface area contributed by atoms with Crippen LogP contribution in [0.25, 0.3) is 22.2 Å². The van der Waals surface area contributed by atoms with Crippen molar-refractivity contribution in [2.24, 2.45) is 10.8 Å². The summed E-state index contributed by atoms with van der Waals surface area (Å²) in [5.41, 5.74) is 4.52. The van der Waals surface area contributed by atoms with Crippen molar-refractivity contribution in [3.63, 3.8) is 0 Å². The Bertz CT molecular complexity index is 1150. The number of ketones is 1. The average molecular weight is 638 g/mol. The monoisotopic (exact) mass is 638 g/mol. The summed E-state index contributed by atoms with van der Waals surface area (Å²) in [6.45, 7) is 17.6. The molecule has 0 saturated carbocycles. The zero-order valence-corrected chi connectivity index (χ0v) is 24.2. The van der Waals surface area contributed by atoms with Crippen molar-refractivity contribution in [1.82, 2.24) is 10.2 Å². The van der Waals surface area contributed by atoms with Crippen LogP contribution in [0.5, 0.6) is 0 Å². The minimum atomic E-state index is -0.417. The SMILES string of the molecule is CC(C)(C)C(=O)/C=C(\O)C(C)(C)C.Cc1[c-]c(-c2cc3ccccc3nn2)cc(C(C)C)c1.[Ir]. The van der Waals surface area contributed by atoms with Crippen molar-refractivity contribution in [1.29, 1.82) is 0 Å². The topological polar surface area (TPSA) is 63.1 Å². The molecule has 0 spiro atoms. The maximum atomic E-state index is 11.5. The van der Waals surface area contributed by atoms with Gasteiger partial charge in [0.25, 0.3) is 0 Å². The number of aliphatic hydroxyl groups excluding tert-OH is 1. The summed E-state index contributed by atoms with van der Waals surface area (Å²) >= 11 is 0. The molecule has 0 atom stereocenters. The number of hydrogen-bond donors (Lipinski definition) is 1. The van der Waals surface area contributed by atoms with Gasteiger partial charge in [-0.15, -0.1) is 34.9 Å². The molecule has 1 N–H and O–H groups in total. The molecule has 0 aliphatic heterocycles. The average Bonchev–Trinajstić information content (AvgIpc) is 2.72. The summed E-state index contributed by atoms with van der Waals surface area (Å²) in [6, 6.07) is 17.8. The Morgan fingerprint density at radius 3 is 2.15 bits per heavy atom. The van der Waals surface area contributed by atoms with Crippen molar-refractivity contribution in [3.8, 4) is 11.3 Å². The smallest absolute Gasteiger partial charge is 0.164 e. The van der Waals surface area contributed by atoms with Crippen LogP contribution in [0.4, 0.5) is 0 Å². The number of carbonyl (C=O) groups is 1. The van der Waals surface area contributed by atoms with Crippen molar-refractivity contribution in [3.05, 3.63) is 71.5 Å². The summed E-state index contributed by atoms with van der Waals surface area (Å²) in [5.74, 6) is 0.600. The standard InChI is InChI=1S/C18H17N2.C11H20O2.Ir/c1-12(2)15-8-13(3)9-16(10-15)18-11-14-6-4-5-7-17(14)19-20-18;1-10(2,3)8(12)7-9(13)11(4,5)6;/h4-8,10-12H,1-3H3;7,12H,1-6H3;/q-1;;/b;8-7-;. The van der Waals surface area contributed by atoms with E-state index in [0.29, 0.717) is 5.92 Å². The van der Waals surface area contributed by atoms with E-state index in [-0.39, 0.29) is 37.1 Å². The molecule has 0 aliphatic carbocycles. The van der Waals surface area contributed by atoms with Gasteiger partial charge in [0.05, 0.1) is 5.52 Å². The van der Waals surface area contributed by atoms with Gasteiger partial charge < -0.3 is 5.11 Å². The molecule has 34 heavy (non-hydrogen) atoms. The maximum Gasteiger partial charge on any atom is 0.164 e. The van der Waals surface area contributed by atoms with E-state index in [1.807, 2.05) is 59.7 Å². The second-order valence-electron chi connectivity index (χ2n) is 10.8. The van der Waals surface area contributed by atoms with Gasteiger partial charge in [0, 0.05) is 42.7 Å². The summed E-state index contributed by atoms with van der Waals surface area (Å²) in [4.78, 5) is 11.5. The largest absolute Gasteiger partial charge is 0.512 e. The van der Waals surface area contributed by atoms with Gasteiger partial charge in [-0.1, -0.05) is 86.6 Å². The summed E-state index contributed by atoms with van der Waals surface area (Å²) < 4.78 is 0. The third-order valence-electron chi connectivity index (χ3n) is 5.24. The fourth-order valence-corrected chi connectivity index (χ4v) is 2.89. The number of aromatic nitrogens is 2. The van der Waals surface area contributed by atoms with Gasteiger partial charge in [-0.3, -0.25) is 4.79 Å². The molecule has 1 heterocycles. The third-order valence-corrected chi connectivity index (χ3v) is 5.24. The molecule has 0 unspecified atom stereocenters. The van der Waals surface area contributed by atoms with Gasteiger partial charge in [0.1, 0.15) is 5.76 Å². The normalized spacial score (nSPS) is 12.1. The molecular formula is C29H37IrN2O2-. The number of nitrogens with zero attached hydrogens (tertiary/aromatic N) is 2. The Balaban J connectivity index is 0.000000364. The van der Waals surface area contributed by atoms with Gasteiger partial charge in [-0.2, -0.15) is 5.10 Å². The van der Waals surface area contributed by atoms with E-state index in [1.165, 1.54) is 11.6 Å². The maximum absolute atomic E-state index is 11.5. The number of aliphatic hydroxyl groups is 1. The minimum absolute atomic E-state index is 0. The van der Waals surface area contributed by atoms with Crippen LogP contribution in [-0.2, 0) is 24.9 Å². The molecule has 0 saturated heterocycles. The first kappa shape index (κ1) is 29.7. The van der Waals surface area contributed by atoms with Gasteiger partial charge >= 0.3 is 0 Å². The van der Waals surface area contributed by atoms with E-state index in [0.717, 1.165) is 27.7 Å². The fraction of sp³-hybridized carbons (Fsp3) is 0.414. The van der Waals surface area contributed by atoms with E-state index in [2.05, 4.69) is 61.3 Å². The van der Waals surface area contributed by atoms with E-state index in [9.17, 15) is 9.90 Å². The first-order valence-corrected chi connectivity index (χ1v) is 11.4. The molecular weight excluding hydrogens is 601 g/mol. The Kier molecular flexibility index (Phi) is 10.3. The Morgan fingerprint density at radius 1 is 0.971 bits per heavy atom. The number of rotatable bonds is 3. The zero-order valence-electron chi connectivity index (χ0n) is 21.8. The van der Waals surface area contributed by atoms with Crippen LogP contribution in [0.2, 0.25) is 0 Å². The van der Waals surface area contributed by atoms with Crippen LogP contribution in [0.1, 0.15) is 72.4 Å². The van der Waals surface area contributed by atoms with Crippen molar-refractivity contribution in [2.75, 3.05) is 0 Å². The quantitative estimate of drug-likeness (QED) is 0.182. The molecule has 5 heteroatoms. The van der Waals surface area contributed by atoms with Gasteiger partial charge in [-0.25, -0.2) is 5.10 Å². The summed E-state index contributed by atoms with van der Waals surface area (Å²) in [6.07, 6.45) is 1.33. The summed E-state index contributed by atoms with van der Waals surface area (Å²) in [5, 5.41) is 19.3. The van der Waals surface area contributed by atoms with Crippen molar-refractivity contribution < 1.29 is 30.0 Å². The van der Waals surface area contributed by atoms with Crippen LogP contribution in [0.3, 0.4) is 0 Å². The molecule has 3 rings (SSSR count). The molecule has 185 valence electrons. The third kappa shape index (κ3) is 8.45. The predicted molar refractivity (Wildman–Crippen MR) is 137 cm³/mol. The predicted octanol–water partition coefficient (Wildman–Crippen LogP) is 7.62. The zero-order chi connectivity index (χ0) is 25.0. The van der Waals surface area contributed by atoms with Crippen LogP contribution in [0.15, 0.2) is 54.3 Å². The Hall–Kier alpha value is -2.36. The van der Waals surface area contributed by atoms with E-state index in [1.54, 1.807) is 0 Å². The number of carbonyl (C=O) groups excluding carboxylic acids is 1. The van der Waals surface area contributed by atoms with Gasteiger partial charge in [0.2, 0.25) is 0 Å². The number of fused-ring (bicyclic) bond motifs is 1. The Labute approximate surface area is 218 Å².